The molecule has 0 amide bonds. The Labute approximate surface area is 106 Å². The lowest BCUT2D eigenvalue weighted by Gasteiger charge is -2.08. The highest BCUT2D eigenvalue weighted by atomic mass is 19.1. The van der Waals surface area contributed by atoms with Crippen LogP contribution in [0.1, 0.15) is 5.69 Å². The zero-order chi connectivity index (χ0) is 14.0. The van der Waals surface area contributed by atoms with Crippen molar-refractivity contribution in [3.8, 4) is 0 Å². The van der Waals surface area contributed by atoms with Gasteiger partial charge in [0, 0.05) is 13.1 Å². The fourth-order valence-corrected chi connectivity index (χ4v) is 1.53. The normalized spacial score (nSPS) is 10.5. The maximum Gasteiger partial charge on any atom is 0.298 e. The van der Waals surface area contributed by atoms with E-state index in [9.17, 15) is 18.9 Å². The van der Waals surface area contributed by atoms with Gasteiger partial charge in [0.15, 0.2) is 5.82 Å². The molecule has 0 bridgehead atoms. The Hall–Kier alpha value is -2.58. The molecule has 0 aliphatic heterocycles. The van der Waals surface area contributed by atoms with Crippen LogP contribution in [0, 0.1) is 21.7 Å². The quantitative estimate of drug-likeness (QED) is 0.673. The minimum atomic E-state index is -1.03. The Bertz CT molecular complexity index is 628. The minimum absolute atomic E-state index is 0.0763. The number of nitro groups is 1. The highest BCUT2D eigenvalue weighted by molar-refractivity contribution is 5.62. The van der Waals surface area contributed by atoms with E-state index in [1.807, 2.05) is 0 Å². The molecule has 1 heterocycles. The largest absolute Gasteiger partial charge is 0.371 e. The first-order valence-corrected chi connectivity index (χ1v) is 5.20. The van der Waals surface area contributed by atoms with Crippen LogP contribution in [0.4, 0.5) is 20.2 Å². The number of anilines is 1. The SMILES string of the molecule is Cn1nncc1CNc1c(F)cc(F)cc1[N+](=O)[O-]. The second-order valence-electron chi connectivity index (χ2n) is 3.74. The van der Waals surface area contributed by atoms with Gasteiger partial charge in [-0.3, -0.25) is 14.8 Å². The van der Waals surface area contributed by atoms with Crippen molar-refractivity contribution >= 4 is 11.4 Å². The summed E-state index contributed by atoms with van der Waals surface area (Å²) in [5.74, 6) is -2.03. The predicted molar refractivity (Wildman–Crippen MR) is 61.3 cm³/mol. The molecule has 0 radical (unpaired) electrons. The third-order valence-corrected chi connectivity index (χ3v) is 2.49. The van der Waals surface area contributed by atoms with Crippen molar-refractivity contribution in [1.29, 1.82) is 0 Å². The van der Waals surface area contributed by atoms with Crippen LogP contribution in [0.25, 0.3) is 0 Å². The lowest BCUT2D eigenvalue weighted by Crippen LogP contribution is -2.08. The summed E-state index contributed by atoms with van der Waals surface area (Å²) in [7, 11) is 1.62. The molecule has 0 atom stereocenters. The third kappa shape index (κ3) is 2.64. The topological polar surface area (TPSA) is 85.9 Å². The predicted octanol–water partition coefficient (Wildman–Crippen LogP) is 1.61. The van der Waals surface area contributed by atoms with E-state index in [1.165, 1.54) is 10.9 Å². The van der Waals surface area contributed by atoms with Gasteiger partial charge < -0.3 is 5.32 Å². The number of nitrogens with zero attached hydrogens (tertiary/aromatic N) is 4. The summed E-state index contributed by atoms with van der Waals surface area (Å²) in [5.41, 5.74) is -0.432. The van der Waals surface area contributed by atoms with E-state index in [0.717, 1.165) is 0 Å². The molecule has 1 N–H and O–H groups in total. The minimum Gasteiger partial charge on any atom is -0.371 e. The van der Waals surface area contributed by atoms with Crippen molar-refractivity contribution in [3.05, 3.63) is 45.8 Å². The van der Waals surface area contributed by atoms with E-state index >= 15 is 0 Å². The zero-order valence-corrected chi connectivity index (χ0v) is 9.80. The standard InChI is InChI=1S/C10H9F2N5O2/c1-16-7(5-14-15-16)4-13-10-8(12)2-6(11)3-9(10)17(18)19/h2-3,5,13H,4H2,1H3. The van der Waals surface area contributed by atoms with Crippen molar-refractivity contribution in [2.75, 3.05) is 5.32 Å². The van der Waals surface area contributed by atoms with E-state index in [1.54, 1.807) is 7.05 Å². The average molecular weight is 269 g/mol. The number of aryl methyl sites for hydroxylation is 1. The highest BCUT2D eigenvalue weighted by Crippen LogP contribution is 2.28. The molecular formula is C10H9F2N5O2. The highest BCUT2D eigenvalue weighted by Gasteiger charge is 2.20. The number of aromatic nitrogens is 3. The van der Waals surface area contributed by atoms with E-state index in [2.05, 4.69) is 15.6 Å². The fourth-order valence-electron chi connectivity index (χ4n) is 1.53. The lowest BCUT2D eigenvalue weighted by atomic mass is 10.2. The van der Waals surface area contributed by atoms with Gasteiger partial charge in [-0.15, -0.1) is 5.10 Å². The number of nitrogens with one attached hydrogen (secondary N) is 1. The Morgan fingerprint density at radius 3 is 2.79 bits per heavy atom. The molecule has 1 aromatic carbocycles. The molecule has 2 rings (SSSR count). The molecule has 0 fully saturated rings. The van der Waals surface area contributed by atoms with Gasteiger partial charge in [-0.1, -0.05) is 5.21 Å². The van der Waals surface area contributed by atoms with Crippen LogP contribution in [0.5, 0.6) is 0 Å². The van der Waals surface area contributed by atoms with Gasteiger partial charge in [0.05, 0.1) is 29.4 Å². The number of nitro benzene ring substituents is 1. The second kappa shape index (κ2) is 4.96. The van der Waals surface area contributed by atoms with Gasteiger partial charge in [0.25, 0.3) is 5.69 Å². The summed E-state index contributed by atoms with van der Waals surface area (Å²) in [6, 6.07) is 1.24. The number of hydrogen-bond acceptors (Lipinski definition) is 5. The summed E-state index contributed by atoms with van der Waals surface area (Å²) >= 11 is 0. The second-order valence-corrected chi connectivity index (χ2v) is 3.74. The van der Waals surface area contributed by atoms with Crippen LogP contribution in [-0.4, -0.2) is 19.9 Å². The Balaban J connectivity index is 2.29. The van der Waals surface area contributed by atoms with Gasteiger partial charge in [-0.05, 0) is 0 Å². The molecule has 2 aromatic rings. The van der Waals surface area contributed by atoms with E-state index in [4.69, 9.17) is 0 Å². The molecule has 100 valence electrons. The number of hydrogen-bond donors (Lipinski definition) is 1. The first kappa shape index (κ1) is 12.9. The average Bonchev–Trinajstić information content (AvgIpc) is 2.73. The van der Waals surface area contributed by atoms with Crippen molar-refractivity contribution in [2.45, 2.75) is 6.54 Å². The van der Waals surface area contributed by atoms with Gasteiger partial charge in [0.1, 0.15) is 11.5 Å². The van der Waals surface area contributed by atoms with Crippen molar-refractivity contribution in [3.63, 3.8) is 0 Å². The Morgan fingerprint density at radius 2 is 2.21 bits per heavy atom. The molecule has 0 spiro atoms. The summed E-state index contributed by atoms with van der Waals surface area (Å²) in [6.07, 6.45) is 1.43. The number of rotatable bonds is 4. The maximum atomic E-state index is 13.6. The summed E-state index contributed by atoms with van der Waals surface area (Å²) in [5, 5.41) is 20.6. The molecule has 0 aliphatic carbocycles. The van der Waals surface area contributed by atoms with E-state index in [0.29, 0.717) is 17.8 Å². The summed E-state index contributed by atoms with van der Waals surface area (Å²) in [6.45, 7) is 0.0763. The zero-order valence-electron chi connectivity index (χ0n) is 9.80. The summed E-state index contributed by atoms with van der Waals surface area (Å²) < 4.78 is 27.9. The van der Waals surface area contributed by atoms with Gasteiger partial charge in [-0.25, -0.2) is 8.78 Å². The first-order chi connectivity index (χ1) is 8.99. The molecule has 0 saturated carbocycles. The molecular weight excluding hydrogens is 260 g/mol. The van der Waals surface area contributed by atoms with Gasteiger partial charge >= 0.3 is 0 Å². The third-order valence-electron chi connectivity index (χ3n) is 2.49. The molecule has 19 heavy (non-hydrogen) atoms. The van der Waals surface area contributed by atoms with Crippen LogP contribution in [0.3, 0.4) is 0 Å². The lowest BCUT2D eigenvalue weighted by molar-refractivity contribution is -0.384. The molecule has 0 unspecified atom stereocenters. The van der Waals surface area contributed by atoms with E-state index < -0.39 is 22.2 Å². The number of benzene rings is 1. The maximum absolute atomic E-state index is 13.6. The van der Waals surface area contributed by atoms with Gasteiger partial charge in [-0.2, -0.15) is 0 Å². The molecule has 7 nitrogen and oxygen atoms in total. The molecule has 9 heteroatoms. The van der Waals surface area contributed by atoms with Crippen molar-refractivity contribution in [2.24, 2.45) is 7.05 Å². The van der Waals surface area contributed by atoms with Crippen molar-refractivity contribution < 1.29 is 13.7 Å². The van der Waals surface area contributed by atoms with Crippen molar-refractivity contribution in [1.82, 2.24) is 15.0 Å². The summed E-state index contributed by atoms with van der Waals surface area (Å²) in [4.78, 5) is 9.91. The fraction of sp³-hybridized carbons (Fsp3) is 0.200. The molecule has 1 aromatic heterocycles. The molecule has 0 aliphatic rings. The monoisotopic (exact) mass is 269 g/mol. The van der Waals surface area contributed by atoms with Gasteiger partial charge in [0.2, 0.25) is 0 Å². The Kier molecular flexibility index (Phi) is 3.36. The van der Waals surface area contributed by atoms with E-state index in [-0.39, 0.29) is 12.2 Å². The van der Waals surface area contributed by atoms with Crippen LogP contribution in [0.15, 0.2) is 18.3 Å². The van der Waals surface area contributed by atoms with Crippen LogP contribution in [-0.2, 0) is 13.6 Å². The molecule has 0 saturated heterocycles. The van der Waals surface area contributed by atoms with Crippen LogP contribution >= 0.6 is 0 Å². The van der Waals surface area contributed by atoms with Crippen LogP contribution in [0.2, 0.25) is 0 Å². The first-order valence-electron chi connectivity index (χ1n) is 5.20. The Morgan fingerprint density at radius 1 is 1.47 bits per heavy atom. The van der Waals surface area contributed by atoms with Crippen LogP contribution < -0.4 is 5.32 Å². The smallest absolute Gasteiger partial charge is 0.298 e. The number of halogens is 2.